The third-order valence-corrected chi connectivity index (χ3v) is 3.89. The number of aromatic amines is 1. The van der Waals surface area contributed by atoms with Gasteiger partial charge in [0.1, 0.15) is 12.4 Å². The molecule has 1 aliphatic carbocycles. The number of fused-ring (bicyclic) bond motifs is 1. The average molecular weight is 324 g/mol. The van der Waals surface area contributed by atoms with Gasteiger partial charge >= 0.3 is 0 Å². The Morgan fingerprint density at radius 2 is 2.42 bits per heavy atom. The standard InChI is InChI=1S/C13H14BrN3O2/c14-12-9-3-4-15-10(9)5-16-13(12)17-11(18)7-19-6-8-1-2-8/h3-5,8,15H,1-2,6-7H2,(H,16,17,18). The van der Waals surface area contributed by atoms with Gasteiger partial charge in [0.15, 0.2) is 0 Å². The summed E-state index contributed by atoms with van der Waals surface area (Å²) < 4.78 is 6.12. The molecule has 100 valence electrons. The average Bonchev–Trinajstić information content (AvgIpc) is 3.08. The van der Waals surface area contributed by atoms with E-state index in [4.69, 9.17) is 4.74 Å². The van der Waals surface area contributed by atoms with Crippen LogP contribution in [0.1, 0.15) is 12.8 Å². The number of hydrogen-bond donors (Lipinski definition) is 2. The Bertz CT molecular complexity index is 607. The summed E-state index contributed by atoms with van der Waals surface area (Å²) in [6.07, 6.45) is 5.97. The number of aromatic nitrogens is 2. The van der Waals surface area contributed by atoms with Crippen LogP contribution in [0.3, 0.4) is 0 Å². The predicted octanol–water partition coefficient (Wildman–Crippen LogP) is 2.69. The van der Waals surface area contributed by atoms with Crippen LogP contribution in [-0.2, 0) is 9.53 Å². The molecule has 0 aromatic carbocycles. The summed E-state index contributed by atoms with van der Waals surface area (Å²) in [6.45, 7) is 0.759. The minimum atomic E-state index is -0.177. The molecule has 2 N–H and O–H groups in total. The predicted molar refractivity (Wildman–Crippen MR) is 76.0 cm³/mol. The highest BCUT2D eigenvalue weighted by Gasteiger charge is 2.21. The maximum atomic E-state index is 11.7. The molecule has 0 atom stereocenters. The number of nitrogens with one attached hydrogen (secondary N) is 2. The molecule has 1 saturated carbocycles. The van der Waals surface area contributed by atoms with Gasteiger partial charge in [0.2, 0.25) is 0 Å². The third-order valence-electron chi connectivity index (χ3n) is 3.09. The minimum absolute atomic E-state index is 0.0792. The fraction of sp³-hybridized carbons (Fsp3) is 0.385. The lowest BCUT2D eigenvalue weighted by Crippen LogP contribution is -2.20. The van der Waals surface area contributed by atoms with Crippen LogP contribution in [0.15, 0.2) is 22.9 Å². The van der Waals surface area contributed by atoms with Crippen molar-refractivity contribution in [2.75, 3.05) is 18.5 Å². The first-order valence-electron chi connectivity index (χ1n) is 6.23. The van der Waals surface area contributed by atoms with Crippen LogP contribution < -0.4 is 5.32 Å². The fourth-order valence-electron chi connectivity index (χ4n) is 1.85. The zero-order chi connectivity index (χ0) is 13.2. The SMILES string of the molecule is O=C(COCC1CC1)Nc1ncc2[nH]ccc2c1Br. The number of carbonyl (C=O) groups is 1. The number of H-pyrrole nitrogens is 1. The van der Waals surface area contributed by atoms with E-state index in [0.29, 0.717) is 18.3 Å². The van der Waals surface area contributed by atoms with E-state index in [1.807, 2.05) is 12.3 Å². The van der Waals surface area contributed by atoms with E-state index in [1.54, 1.807) is 6.20 Å². The van der Waals surface area contributed by atoms with Gasteiger partial charge in [-0.25, -0.2) is 4.98 Å². The number of rotatable bonds is 5. The quantitative estimate of drug-likeness (QED) is 0.889. The molecule has 19 heavy (non-hydrogen) atoms. The molecule has 0 aliphatic heterocycles. The number of ether oxygens (including phenoxy) is 1. The normalized spacial score (nSPS) is 14.8. The van der Waals surface area contributed by atoms with Crippen LogP contribution in [0.2, 0.25) is 0 Å². The summed E-state index contributed by atoms with van der Waals surface area (Å²) >= 11 is 3.45. The molecule has 3 rings (SSSR count). The zero-order valence-electron chi connectivity index (χ0n) is 10.3. The van der Waals surface area contributed by atoms with Gasteiger partial charge in [-0.3, -0.25) is 4.79 Å². The highest BCUT2D eigenvalue weighted by molar-refractivity contribution is 9.10. The van der Waals surface area contributed by atoms with Crippen molar-refractivity contribution in [3.05, 3.63) is 22.9 Å². The van der Waals surface area contributed by atoms with Crippen LogP contribution in [0.4, 0.5) is 5.82 Å². The Morgan fingerprint density at radius 3 is 3.21 bits per heavy atom. The van der Waals surface area contributed by atoms with Gasteiger partial charge in [-0.15, -0.1) is 0 Å². The molecule has 6 heteroatoms. The monoisotopic (exact) mass is 323 g/mol. The Morgan fingerprint density at radius 1 is 1.58 bits per heavy atom. The van der Waals surface area contributed by atoms with E-state index >= 15 is 0 Å². The maximum Gasteiger partial charge on any atom is 0.251 e. The van der Waals surface area contributed by atoms with Crippen molar-refractivity contribution in [3.63, 3.8) is 0 Å². The molecule has 2 heterocycles. The summed E-state index contributed by atoms with van der Waals surface area (Å²) in [4.78, 5) is 19.0. The second-order valence-electron chi connectivity index (χ2n) is 4.73. The van der Waals surface area contributed by atoms with E-state index in [-0.39, 0.29) is 12.5 Å². The Balaban J connectivity index is 1.62. The molecule has 1 aliphatic rings. The molecule has 5 nitrogen and oxygen atoms in total. The number of nitrogens with zero attached hydrogens (tertiary/aromatic N) is 1. The first-order chi connectivity index (χ1) is 9.24. The molecule has 0 radical (unpaired) electrons. The van der Waals surface area contributed by atoms with Crippen molar-refractivity contribution < 1.29 is 9.53 Å². The lowest BCUT2D eigenvalue weighted by atomic mass is 10.3. The number of pyridine rings is 1. The maximum absolute atomic E-state index is 11.7. The first-order valence-corrected chi connectivity index (χ1v) is 7.02. The Hall–Kier alpha value is -1.40. The highest BCUT2D eigenvalue weighted by atomic mass is 79.9. The second kappa shape index (κ2) is 5.30. The van der Waals surface area contributed by atoms with Crippen molar-refractivity contribution in [2.24, 2.45) is 5.92 Å². The van der Waals surface area contributed by atoms with E-state index < -0.39 is 0 Å². The van der Waals surface area contributed by atoms with E-state index in [9.17, 15) is 4.79 Å². The molecule has 0 unspecified atom stereocenters. The first kappa shape index (κ1) is 12.6. The fourth-order valence-corrected chi connectivity index (χ4v) is 2.40. The second-order valence-corrected chi connectivity index (χ2v) is 5.53. The number of amides is 1. The van der Waals surface area contributed by atoms with Gasteiger partial charge in [-0.2, -0.15) is 0 Å². The summed E-state index contributed by atoms with van der Waals surface area (Å²) in [5.41, 5.74) is 0.926. The number of anilines is 1. The molecule has 1 fully saturated rings. The van der Waals surface area contributed by atoms with Crippen molar-refractivity contribution in [1.29, 1.82) is 0 Å². The molecule has 2 aromatic heterocycles. The van der Waals surface area contributed by atoms with Gasteiger partial charge in [0.25, 0.3) is 5.91 Å². The lowest BCUT2D eigenvalue weighted by Gasteiger charge is -2.07. The van der Waals surface area contributed by atoms with E-state index in [0.717, 1.165) is 15.4 Å². The summed E-state index contributed by atoms with van der Waals surface area (Å²) in [5, 5.41) is 3.74. The number of hydrogen-bond acceptors (Lipinski definition) is 3. The van der Waals surface area contributed by atoms with Gasteiger partial charge in [0.05, 0.1) is 22.8 Å². The van der Waals surface area contributed by atoms with E-state index in [2.05, 4.69) is 31.2 Å². The van der Waals surface area contributed by atoms with Crippen LogP contribution in [0.25, 0.3) is 10.9 Å². The molecule has 0 bridgehead atoms. The topological polar surface area (TPSA) is 67.0 Å². The highest BCUT2D eigenvalue weighted by Crippen LogP contribution is 2.29. The Kier molecular flexibility index (Phi) is 3.52. The zero-order valence-corrected chi connectivity index (χ0v) is 11.9. The third kappa shape index (κ3) is 2.96. The van der Waals surface area contributed by atoms with E-state index in [1.165, 1.54) is 12.8 Å². The molecule has 0 spiro atoms. The van der Waals surface area contributed by atoms with Crippen LogP contribution in [0.5, 0.6) is 0 Å². The van der Waals surface area contributed by atoms with Crippen molar-refractivity contribution in [2.45, 2.75) is 12.8 Å². The minimum Gasteiger partial charge on any atom is -0.371 e. The molecule has 2 aromatic rings. The molecule has 0 saturated heterocycles. The van der Waals surface area contributed by atoms with Crippen LogP contribution in [-0.4, -0.2) is 29.1 Å². The van der Waals surface area contributed by atoms with Gasteiger partial charge in [-0.05, 0) is 40.8 Å². The van der Waals surface area contributed by atoms with Gasteiger partial charge < -0.3 is 15.0 Å². The molecular formula is C13H14BrN3O2. The smallest absolute Gasteiger partial charge is 0.251 e. The summed E-state index contributed by atoms with van der Waals surface area (Å²) in [5.74, 6) is 1.00. The van der Waals surface area contributed by atoms with Crippen molar-refractivity contribution in [1.82, 2.24) is 9.97 Å². The summed E-state index contributed by atoms with van der Waals surface area (Å²) in [7, 11) is 0. The van der Waals surface area contributed by atoms with Gasteiger partial charge in [0, 0.05) is 11.6 Å². The van der Waals surface area contributed by atoms with Crippen molar-refractivity contribution in [3.8, 4) is 0 Å². The van der Waals surface area contributed by atoms with Crippen LogP contribution in [0, 0.1) is 5.92 Å². The number of halogens is 1. The molecular weight excluding hydrogens is 310 g/mol. The molecule has 1 amide bonds. The lowest BCUT2D eigenvalue weighted by molar-refractivity contribution is -0.120. The summed E-state index contributed by atoms with van der Waals surface area (Å²) in [6, 6.07) is 1.93. The largest absolute Gasteiger partial charge is 0.371 e. The Labute approximate surface area is 118 Å². The van der Waals surface area contributed by atoms with Gasteiger partial charge in [-0.1, -0.05) is 0 Å². The number of carbonyl (C=O) groups excluding carboxylic acids is 1. The van der Waals surface area contributed by atoms with Crippen molar-refractivity contribution >= 4 is 38.6 Å². The van der Waals surface area contributed by atoms with Crippen LogP contribution >= 0.6 is 15.9 Å².